The maximum Gasteiger partial charge on any atom is 0.337 e. The Morgan fingerprint density at radius 3 is 2.44 bits per heavy atom. The molecule has 1 aromatic carbocycles. The van der Waals surface area contributed by atoms with Crippen molar-refractivity contribution >= 4 is 62.0 Å². The molecule has 0 spiro atoms. The lowest BCUT2D eigenvalue weighted by atomic mass is 9.81. The van der Waals surface area contributed by atoms with Gasteiger partial charge in [0.05, 0.1) is 17.6 Å². The second kappa shape index (κ2) is 12.8. The van der Waals surface area contributed by atoms with E-state index >= 15 is 0 Å². The predicted octanol–water partition coefficient (Wildman–Crippen LogP) is 8.11. The van der Waals surface area contributed by atoms with Crippen LogP contribution in [0, 0.1) is 19.3 Å². The van der Waals surface area contributed by atoms with Gasteiger partial charge in [0.1, 0.15) is 21.4 Å². The lowest BCUT2D eigenvalue weighted by molar-refractivity contribution is -0.160. The Balaban J connectivity index is 1.31. The number of fused-ring (bicyclic) bond motifs is 4. The normalized spacial score (nSPS) is 17.1. The summed E-state index contributed by atoms with van der Waals surface area (Å²) in [5.74, 6) is -0.100. The molecular formula is C38H47N7O3S2. The summed E-state index contributed by atoms with van der Waals surface area (Å²) in [7, 11) is 2.02. The highest BCUT2D eigenvalue weighted by molar-refractivity contribution is 8.00. The number of carboxylic acids is 1. The molecule has 1 N–H and O–H groups in total. The van der Waals surface area contributed by atoms with E-state index in [9.17, 15) is 9.90 Å². The van der Waals surface area contributed by atoms with E-state index in [-0.39, 0.29) is 5.41 Å². The van der Waals surface area contributed by atoms with Crippen LogP contribution in [0.15, 0.2) is 28.9 Å². The molecule has 50 heavy (non-hydrogen) atoms. The van der Waals surface area contributed by atoms with Gasteiger partial charge in [-0.15, -0.1) is 0 Å². The molecule has 12 heteroatoms. The third kappa shape index (κ3) is 6.34. The minimum absolute atomic E-state index is 0.233. The zero-order chi connectivity index (χ0) is 35.7. The number of aromatic nitrogens is 5. The fourth-order valence-electron chi connectivity index (χ4n) is 7.50. The summed E-state index contributed by atoms with van der Waals surface area (Å²) in [4.78, 5) is 38.3. The minimum Gasteiger partial charge on any atom is -0.479 e. The second-order valence-corrected chi connectivity index (χ2v) is 17.5. The van der Waals surface area contributed by atoms with Gasteiger partial charge in [0.25, 0.3) is 0 Å². The Labute approximate surface area is 302 Å². The fourth-order valence-corrected chi connectivity index (χ4v) is 8.92. The van der Waals surface area contributed by atoms with Crippen LogP contribution in [-0.2, 0) is 29.5 Å². The molecule has 0 aliphatic carbocycles. The molecule has 7 rings (SSSR count). The second-order valence-electron chi connectivity index (χ2n) is 15.5. The zero-order valence-electron chi connectivity index (χ0n) is 30.5. The first-order chi connectivity index (χ1) is 23.6. The molecule has 2 aliphatic rings. The number of thiazole rings is 1. The Morgan fingerprint density at radius 2 is 1.76 bits per heavy atom. The molecule has 1 saturated heterocycles. The number of benzene rings is 1. The van der Waals surface area contributed by atoms with E-state index in [0.29, 0.717) is 11.3 Å². The average Bonchev–Trinajstić information content (AvgIpc) is 3.65. The third-order valence-electron chi connectivity index (χ3n) is 10.1. The number of nitrogens with zero attached hydrogens (tertiary/aromatic N) is 7. The first kappa shape index (κ1) is 34.7. The van der Waals surface area contributed by atoms with Gasteiger partial charge in [0, 0.05) is 55.7 Å². The van der Waals surface area contributed by atoms with Crippen molar-refractivity contribution in [1.82, 2.24) is 24.5 Å². The van der Waals surface area contributed by atoms with Gasteiger partial charge in [-0.05, 0) is 82.2 Å². The molecule has 10 nitrogen and oxygen atoms in total. The highest BCUT2D eigenvalue weighted by atomic mass is 32.2. The van der Waals surface area contributed by atoms with E-state index in [1.165, 1.54) is 11.1 Å². The van der Waals surface area contributed by atoms with Crippen molar-refractivity contribution in [2.24, 2.45) is 12.5 Å². The molecule has 1 fully saturated rings. The number of hydrogen-bond donors (Lipinski definition) is 1. The molecule has 264 valence electrons. The van der Waals surface area contributed by atoms with E-state index in [1.54, 1.807) is 23.1 Å². The van der Waals surface area contributed by atoms with Gasteiger partial charge in [-0.3, -0.25) is 4.98 Å². The number of carboxylic acid groups (broad SMARTS) is 1. The summed E-state index contributed by atoms with van der Waals surface area (Å²) >= 11 is 3.27. The summed E-state index contributed by atoms with van der Waals surface area (Å²) in [6.07, 6.45) is 5.65. The van der Waals surface area contributed by atoms with Gasteiger partial charge in [-0.2, -0.15) is 0 Å². The molecule has 0 radical (unpaired) electrons. The number of pyridine rings is 2. The van der Waals surface area contributed by atoms with Crippen LogP contribution in [0.4, 0.5) is 11.5 Å². The predicted molar refractivity (Wildman–Crippen MR) is 204 cm³/mol. The monoisotopic (exact) mass is 713 g/mol. The third-order valence-corrected chi connectivity index (χ3v) is 12.1. The lowest BCUT2D eigenvalue weighted by Gasteiger charge is -2.41. The topological polar surface area (TPSA) is 110 Å². The number of piperidine rings is 1. The van der Waals surface area contributed by atoms with Crippen LogP contribution in [-0.4, -0.2) is 67.1 Å². The van der Waals surface area contributed by atoms with E-state index in [2.05, 4.69) is 41.8 Å². The van der Waals surface area contributed by atoms with E-state index in [1.807, 2.05) is 58.8 Å². The van der Waals surface area contributed by atoms with Gasteiger partial charge >= 0.3 is 5.97 Å². The standard InChI is InChI=1S/C38H47N7O3S2/c1-21-26(30(44-16-13-38(6,7)14-17-44)27(22(2)40-21)32(35(46)47)48-37(3,4)5)24-10-11-25-19-45(15-12-23(25)18-24)33-28-31(43(8)20-39-28)29-34(42-33)50-36(41-29)49-9/h10-11,18,20,32H,12-17,19H2,1-9H3,(H,46,47)/t32-/m0/s1. The largest absolute Gasteiger partial charge is 0.479 e. The fraction of sp³-hybridized carbons (Fsp3) is 0.500. The van der Waals surface area contributed by atoms with Gasteiger partial charge in [-0.1, -0.05) is 55.1 Å². The highest BCUT2D eigenvalue weighted by Gasteiger charge is 2.37. The maximum atomic E-state index is 12.9. The summed E-state index contributed by atoms with van der Waals surface area (Å²) < 4.78 is 9.34. The minimum atomic E-state index is -1.14. The van der Waals surface area contributed by atoms with Crippen LogP contribution in [0.25, 0.3) is 32.5 Å². The Morgan fingerprint density at radius 1 is 1.02 bits per heavy atom. The Bertz CT molecular complexity index is 2120. The van der Waals surface area contributed by atoms with Crippen molar-refractivity contribution in [3.05, 3.63) is 52.6 Å². The van der Waals surface area contributed by atoms with Crippen LogP contribution in [0.5, 0.6) is 0 Å². The quantitative estimate of drug-likeness (QED) is 0.166. The number of carbonyl (C=O) groups is 1. The molecule has 0 amide bonds. The van der Waals surface area contributed by atoms with Crippen molar-refractivity contribution in [2.75, 3.05) is 35.7 Å². The molecule has 0 unspecified atom stereocenters. The first-order valence-corrected chi connectivity index (χ1v) is 19.4. The number of aryl methyl sites for hydroxylation is 3. The maximum absolute atomic E-state index is 12.9. The smallest absolute Gasteiger partial charge is 0.337 e. The SMILES string of the molecule is CSc1nc2c(nc(N3CCc4cc(-c5c(C)nc(C)c([C@H](OC(C)(C)C)C(=O)O)c5N5CCC(C)(C)CC5)ccc4C3)c3ncn(C)c32)s1. The molecule has 6 heterocycles. The summed E-state index contributed by atoms with van der Waals surface area (Å²) in [6, 6.07) is 6.71. The van der Waals surface area contributed by atoms with Crippen LogP contribution in [0.1, 0.15) is 81.6 Å². The van der Waals surface area contributed by atoms with Crippen molar-refractivity contribution in [3.63, 3.8) is 0 Å². The van der Waals surface area contributed by atoms with Crippen molar-refractivity contribution in [1.29, 1.82) is 0 Å². The van der Waals surface area contributed by atoms with Crippen molar-refractivity contribution in [3.8, 4) is 11.1 Å². The van der Waals surface area contributed by atoms with Gasteiger partial charge in [0.2, 0.25) is 0 Å². The molecule has 5 aromatic rings. The summed E-state index contributed by atoms with van der Waals surface area (Å²) in [5.41, 5.74) is 10.2. The number of rotatable bonds is 7. The van der Waals surface area contributed by atoms with Crippen molar-refractivity contribution in [2.45, 2.75) is 90.3 Å². The number of imidazole rings is 1. The lowest BCUT2D eigenvalue weighted by Crippen LogP contribution is -2.39. The van der Waals surface area contributed by atoms with E-state index in [0.717, 1.165) is 99.5 Å². The molecule has 2 aliphatic heterocycles. The molecule has 0 bridgehead atoms. The molecule has 0 saturated carbocycles. The average molecular weight is 714 g/mol. The number of thioether (sulfide) groups is 1. The van der Waals surface area contributed by atoms with Gasteiger partial charge < -0.3 is 24.2 Å². The molecular weight excluding hydrogens is 667 g/mol. The first-order valence-electron chi connectivity index (χ1n) is 17.3. The molecule has 1 atom stereocenters. The Kier molecular flexibility index (Phi) is 8.88. The van der Waals surface area contributed by atoms with Crippen LogP contribution < -0.4 is 9.80 Å². The van der Waals surface area contributed by atoms with Gasteiger partial charge in [0.15, 0.2) is 16.3 Å². The van der Waals surface area contributed by atoms with E-state index < -0.39 is 17.7 Å². The van der Waals surface area contributed by atoms with Crippen LogP contribution in [0.3, 0.4) is 0 Å². The van der Waals surface area contributed by atoms with Crippen LogP contribution >= 0.6 is 23.1 Å². The number of hydrogen-bond acceptors (Lipinski definition) is 10. The van der Waals surface area contributed by atoms with Crippen molar-refractivity contribution < 1.29 is 14.6 Å². The highest BCUT2D eigenvalue weighted by Crippen LogP contribution is 2.46. The zero-order valence-corrected chi connectivity index (χ0v) is 32.2. The number of ether oxygens (including phenoxy) is 1. The molecule has 4 aromatic heterocycles. The van der Waals surface area contributed by atoms with Crippen LogP contribution in [0.2, 0.25) is 0 Å². The summed E-state index contributed by atoms with van der Waals surface area (Å²) in [5, 5.41) is 10.6. The number of anilines is 2. The number of aliphatic carboxylic acids is 1. The summed E-state index contributed by atoms with van der Waals surface area (Å²) in [6.45, 7) is 17.5. The van der Waals surface area contributed by atoms with Gasteiger partial charge in [-0.25, -0.2) is 19.7 Å². The van der Waals surface area contributed by atoms with E-state index in [4.69, 9.17) is 24.7 Å². The Hall–Kier alpha value is -3.74.